The summed E-state index contributed by atoms with van der Waals surface area (Å²) < 4.78 is 81.2. The lowest BCUT2D eigenvalue weighted by molar-refractivity contribution is -0.276. The average molecular weight is 415 g/mol. The van der Waals surface area contributed by atoms with Crippen molar-refractivity contribution in [2.24, 2.45) is 0 Å². The van der Waals surface area contributed by atoms with Crippen LogP contribution in [-0.4, -0.2) is 24.4 Å². The molecule has 0 N–H and O–H groups in total. The summed E-state index contributed by atoms with van der Waals surface area (Å²) in [5.74, 6) is -2.69. The molecule has 0 aliphatic carbocycles. The fourth-order valence-corrected chi connectivity index (χ4v) is 1.66. The largest absolute Gasteiger partial charge is 0.574 e. The minimum Gasteiger partial charge on any atom is -0.464 e. The van der Waals surface area contributed by atoms with Gasteiger partial charge >= 0.3 is 18.5 Å². The molecule has 0 saturated heterocycles. The van der Waals surface area contributed by atoms with Crippen LogP contribution in [0.15, 0.2) is 6.07 Å². The molecule has 0 aliphatic rings. The van der Waals surface area contributed by atoms with Gasteiger partial charge in [-0.15, -0.1) is 13.2 Å². The minimum atomic E-state index is -5.15. The Labute approximate surface area is 121 Å². The molecule has 0 fully saturated rings. The third-order valence-electron chi connectivity index (χ3n) is 1.84. The van der Waals surface area contributed by atoms with Crippen molar-refractivity contribution >= 4 is 28.6 Å². The van der Waals surface area contributed by atoms with Crippen LogP contribution in [0.1, 0.15) is 16.1 Å². The molecule has 1 heterocycles. The number of methoxy groups -OCH3 is 1. The fourth-order valence-electron chi connectivity index (χ4n) is 1.12. The Morgan fingerprint density at radius 2 is 1.80 bits per heavy atom. The molecule has 0 saturated carbocycles. The summed E-state index contributed by atoms with van der Waals surface area (Å²) in [5.41, 5.74) is -2.82. The standard InChI is InChI=1S/C9H4F6INO3/c1-19-7(18)5-3(8(10,11)12)2-4(16)6(17-5)20-9(13,14)15/h2H,1H3. The molecule has 0 bridgehead atoms. The molecule has 0 spiro atoms. The topological polar surface area (TPSA) is 48.4 Å². The summed E-state index contributed by atoms with van der Waals surface area (Å²) in [6, 6.07) is 0.320. The Kier molecular flexibility index (Phi) is 4.71. The van der Waals surface area contributed by atoms with E-state index in [1.807, 2.05) is 0 Å². The van der Waals surface area contributed by atoms with Crippen LogP contribution in [0.2, 0.25) is 0 Å². The molecule has 1 aromatic rings. The van der Waals surface area contributed by atoms with E-state index in [0.717, 1.165) is 7.11 Å². The van der Waals surface area contributed by atoms with Crippen molar-refractivity contribution in [3.05, 3.63) is 20.9 Å². The van der Waals surface area contributed by atoms with Crippen LogP contribution in [0.4, 0.5) is 26.3 Å². The maximum absolute atomic E-state index is 12.7. The van der Waals surface area contributed by atoms with Crippen LogP contribution in [0.3, 0.4) is 0 Å². The first-order valence-electron chi connectivity index (χ1n) is 4.57. The molecule has 1 rings (SSSR count). The van der Waals surface area contributed by atoms with Crippen molar-refractivity contribution in [1.29, 1.82) is 0 Å². The number of carbonyl (C=O) groups is 1. The van der Waals surface area contributed by atoms with Gasteiger partial charge in [0.05, 0.1) is 16.2 Å². The summed E-state index contributed by atoms with van der Waals surface area (Å²) >= 11 is 1.18. The SMILES string of the molecule is COC(=O)c1nc(OC(F)(F)F)c(I)cc1C(F)(F)F. The number of alkyl halides is 6. The van der Waals surface area contributed by atoms with Crippen molar-refractivity contribution in [3.8, 4) is 5.88 Å². The third kappa shape index (κ3) is 4.11. The van der Waals surface area contributed by atoms with E-state index < -0.39 is 39.2 Å². The van der Waals surface area contributed by atoms with Gasteiger partial charge in [0.1, 0.15) is 0 Å². The lowest BCUT2D eigenvalue weighted by Gasteiger charge is -2.15. The van der Waals surface area contributed by atoms with E-state index in [9.17, 15) is 31.1 Å². The number of halogens is 7. The zero-order valence-corrected chi connectivity index (χ0v) is 11.6. The smallest absolute Gasteiger partial charge is 0.464 e. The number of hydrogen-bond acceptors (Lipinski definition) is 4. The number of hydrogen-bond donors (Lipinski definition) is 0. The molecule has 0 radical (unpaired) electrons. The predicted octanol–water partition coefficient (Wildman–Crippen LogP) is 3.39. The highest BCUT2D eigenvalue weighted by Gasteiger charge is 2.39. The first kappa shape index (κ1) is 16.8. The van der Waals surface area contributed by atoms with E-state index in [1.165, 1.54) is 22.6 Å². The second-order valence-electron chi connectivity index (χ2n) is 3.21. The molecule has 11 heteroatoms. The maximum atomic E-state index is 12.7. The average Bonchev–Trinajstić information content (AvgIpc) is 2.27. The highest BCUT2D eigenvalue weighted by Crippen LogP contribution is 2.36. The number of aromatic nitrogens is 1. The minimum absolute atomic E-state index is 0.320. The first-order chi connectivity index (χ1) is 8.95. The Balaban J connectivity index is 3.44. The van der Waals surface area contributed by atoms with Crippen LogP contribution < -0.4 is 4.74 Å². The van der Waals surface area contributed by atoms with Crippen molar-refractivity contribution < 1.29 is 40.6 Å². The Bertz CT molecular complexity index is 528. The van der Waals surface area contributed by atoms with Crippen molar-refractivity contribution in [2.45, 2.75) is 12.5 Å². The van der Waals surface area contributed by atoms with Gasteiger partial charge in [0.25, 0.3) is 0 Å². The van der Waals surface area contributed by atoms with Crippen molar-refractivity contribution in [3.63, 3.8) is 0 Å². The fraction of sp³-hybridized carbons (Fsp3) is 0.333. The maximum Gasteiger partial charge on any atom is 0.574 e. The molecule has 4 nitrogen and oxygen atoms in total. The van der Waals surface area contributed by atoms with Gasteiger partial charge in [0.2, 0.25) is 5.88 Å². The zero-order valence-electron chi connectivity index (χ0n) is 9.40. The summed E-state index contributed by atoms with van der Waals surface area (Å²) in [5, 5.41) is 0. The number of esters is 1. The van der Waals surface area contributed by atoms with Crippen LogP contribution >= 0.6 is 22.6 Å². The number of rotatable bonds is 2. The van der Waals surface area contributed by atoms with Crippen LogP contribution in [0.5, 0.6) is 5.88 Å². The lowest BCUT2D eigenvalue weighted by atomic mass is 10.2. The Hall–Kier alpha value is -1.27. The van der Waals surface area contributed by atoms with E-state index >= 15 is 0 Å². The van der Waals surface area contributed by atoms with Gasteiger partial charge in [-0.05, 0) is 28.7 Å². The summed E-state index contributed by atoms with van der Waals surface area (Å²) in [6.07, 6.45) is -10.1. The highest BCUT2D eigenvalue weighted by molar-refractivity contribution is 14.1. The molecule has 112 valence electrons. The molecule has 0 amide bonds. The van der Waals surface area contributed by atoms with Crippen LogP contribution in [-0.2, 0) is 10.9 Å². The van der Waals surface area contributed by atoms with E-state index in [2.05, 4.69) is 14.5 Å². The molecule has 0 aromatic carbocycles. The predicted molar refractivity (Wildman–Crippen MR) is 60.0 cm³/mol. The number of ether oxygens (including phenoxy) is 2. The van der Waals surface area contributed by atoms with E-state index in [4.69, 9.17) is 0 Å². The van der Waals surface area contributed by atoms with Crippen LogP contribution in [0.25, 0.3) is 0 Å². The summed E-state index contributed by atoms with van der Waals surface area (Å²) in [7, 11) is 0.770. The molecule has 20 heavy (non-hydrogen) atoms. The van der Waals surface area contributed by atoms with E-state index in [0.29, 0.717) is 6.07 Å². The number of pyridine rings is 1. The molecule has 0 unspecified atom stereocenters. The van der Waals surface area contributed by atoms with Gasteiger partial charge in [-0.25, -0.2) is 9.78 Å². The molecule has 1 aromatic heterocycles. The van der Waals surface area contributed by atoms with Crippen molar-refractivity contribution in [1.82, 2.24) is 4.98 Å². The van der Waals surface area contributed by atoms with Gasteiger partial charge in [-0.2, -0.15) is 13.2 Å². The van der Waals surface area contributed by atoms with E-state index in [1.54, 1.807) is 0 Å². The number of nitrogens with zero attached hydrogens (tertiary/aromatic N) is 1. The van der Waals surface area contributed by atoms with Gasteiger partial charge in [0, 0.05) is 0 Å². The van der Waals surface area contributed by atoms with Gasteiger partial charge in [-0.1, -0.05) is 0 Å². The monoisotopic (exact) mass is 415 g/mol. The van der Waals surface area contributed by atoms with E-state index in [-0.39, 0.29) is 0 Å². The third-order valence-corrected chi connectivity index (χ3v) is 2.61. The second kappa shape index (κ2) is 5.61. The van der Waals surface area contributed by atoms with Gasteiger partial charge in [0.15, 0.2) is 5.69 Å². The van der Waals surface area contributed by atoms with Crippen LogP contribution in [0, 0.1) is 3.57 Å². The van der Waals surface area contributed by atoms with Gasteiger partial charge < -0.3 is 9.47 Å². The number of carbonyl (C=O) groups excluding carboxylic acids is 1. The molecular formula is C9H4F6INO3. The molecule has 0 aliphatic heterocycles. The Morgan fingerprint density at radius 3 is 2.20 bits per heavy atom. The molecule has 0 atom stereocenters. The summed E-state index contributed by atoms with van der Waals surface area (Å²) in [6.45, 7) is 0. The normalized spacial score (nSPS) is 12.2. The lowest BCUT2D eigenvalue weighted by Crippen LogP contribution is -2.22. The van der Waals surface area contributed by atoms with Crippen molar-refractivity contribution in [2.75, 3.05) is 7.11 Å². The zero-order chi connectivity index (χ0) is 15.7. The second-order valence-corrected chi connectivity index (χ2v) is 4.37. The van der Waals surface area contributed by atoms with Gasteiger partial charge in [-0.3, -0.25) is 0 Å². The summed E-state index contributed by atoms with van der Waals surface area (Å²) in [4.78, 5) is 14.1. The Morgan fingerprint density at radius 1 is 1.25 bits per heavy atom. The first-order valence-corrected chi connectivity index (χ1v) is 5.65. The quantitative estimate of drug-likeness (QED) is 0.423. The highest BCUT2D eigenvalue weighted by atomic mass is 127. The molecular weight excluding hydrogens is 411 g/mol.